The molecular formula is C21H19N3O2S. The van der Waals surface area contributed by atoms with Crippen molar-refractivity contribution in [3.63, 3.8) is 0 Å². The molecule has 0 aliphatic carbocycles. The number of fused-ring (bicyclic) bond motifs is 1. The molecule has 0 saturated carbocycles. The van der Waals surface area contributed by atoms with Gasteiger partial charge in [-0.2, -0.15) is 0 Å². The lowest BCUT2D eigenvalue weighted by atomic mass is 10.2. The molecule has 4 aromatic rings. The van der Waals surface area contributed by atoms with Crippen molar-refractivity contribution in [2.24, 2.45) is 0 Å². The zero-order valence-electron chi connectivity index (χ0n) is 14.9. The highest BCUT2D eigenvalue weighted by atomic mass is 32.1. The standard InChI is InChI=1S/C21H19N3O2S/c1-26-19-7-3-2-6-17(19)14-24-18(11-16-8-10-27-21(16)24)20(25)23-13-15-5-4-9-22-12-15/h2-12H,13-14H2,1H3,(H,23,25). The van der Waals surface area contributed by atoms with Crippen molar-refractivity contribution >= 4 is 27.5 Å². The van der Waals surface area contributed by atoms with Crippen molar-refractivity contribution in [1.29, 1.82) is 0 Å². The van der Waals surface area contributed by atoms with Crippen LogP contribution in [0.3, 0.4) is 0 Å². The number of hydrogen-bond donors (Lipinski definition) is 1. The lowest BCUT2D eigenvalue weighted by Gasteiger charge is -2.13. The van der Waals surface area contributed by atoms with E-state index in [4.69, 9.17) is 4.74 Å². The Kier molecular flexibility index (Phi) is 4.89. The maximum Gasteiger partial charge on any atom is 0.268 e. The van der Waals surface area contributed by atoms with Gasteiger partial charge < -0.3 is 14.6 Å². The van der Waals surface area contributed by atoms with Crippen LogP contribution in [0.1, 0.15) is 21.6 Å². The number of nitrogens with one attached hydrogen (secondary N) is 1. The number of pyridine rings is 1. The van der Waals surface area contributed by atoms with E-state index in [0.717, 1.165) is 27.1 Å². The molecule has 0 radical (unpaired) electrons. The minimum atomic E-state index is -0.0999. The predicted molar refractivity (Wildman–Crippen MR) is 107 cm³/mol. The van der Waals surface area contributed by atoms with Crippen LogP contribution in [0.15, 0.2) is 66.3 Å². The van der Waals surface area contributed by atoms with Crippen LogP contribution < -0.4 is 10.1 Å². The van der Waals surface area contributed by atoms with Gasteiger partial charge in [-0.3, -0.25) is 9.78 Å². The molecule has 0 aliphatic heterocycles. The molecule has 27 heavy (non-hydrogen) atoms. The van der Waals surface area contributed by atoms with Gasteiger partial charge in [-0.05, 0) is 35.2 Å². The van der Waals surface area contributed by atoms with Crippen molar-refractivity contribution in [1.82, 2.24) is 14.9 Å². The Bertz CT molecular complexity index is 1070. The molecule has 6 heteroatoms. The molecule has 4 rings (SSSR count). The molecule has 1 amide bonds. The van der Waals surface area contributed by atoms with Crippen molar-refractivity contribution in [3.05, 3.63) is 83.1 Å². The quantitative estimate of drug-likeness (QED) is 0.551. The van der Waals surface area contributed by atoms with Gasteiger partial charge in [0.15, 0.2) is 0 Å². The molecule has 136 valence electrons. The number of carbonyl (C=O) groups excluding carboxylic acids is 1. The summed E-state index contributed by atoms with van der Waals surface area (Å²) < 4.78 is 7.53. The van der Waals surface area contributed by atoms with E-state index in [0.29, 0.717) is 18.8 Å². The third-order valence-corrected chi connectivity index (χ3v) is 5.38. The predicted octanol–water partition coefficient (Wildman–Crippen LogP) is 4.08. The maximum absolute atomic E-state index is 12.9. The van der Waals surface area contributed by atoms with E-state index >= 15 is 0 Å². The number of aromatic nitrogens is 2. The number of ether oxygens (including phenoxy) is 1. The Morgan fingerprint density at radius 2 is 2.11 bits per heavy atom. The topological polar surface area (TPSA) is 56.1 Å². The van der Waals surface area contributed by atoms with Crippen LogP contribution >= 0.6 is 11.3 Å². The van der Waals surface area contributed by atoms with Crippen LogP contribution in [0.2, 0.25) is 0 Å². The SMILES string of the molecule is COc1ccccc1Cn1c(C(=O)NCc2cccnc2)cc2ccsc21. The summed E-state index contributed by atoms with van der Waals surface area (Å²) in [6, 6.07) is 15.7. The Hall–Kier alpha value is -3.12. The Labute approximate surface area is 161 Å². The lowest BCUT2D eigenvalue weighted by molar-refractivity contribution is 0.0942. The van der Waals surface area contributed by atoms with E-state index in [9.17, 15) is 4.79 Å². The van der Waals surface area contributed by atoms with Gasteiger partial charge in [0.25, 0.3) is 5.91 Å². The van der Waals surface area contributed by atoms with Gasteiger partial charge in [-0.1, -0.05) is 24.3 Å². The molecule has 0 fully saturated rings. The van der Waals surface area contributed by atoms with Crippen molar-refractivity contribution in [2.75, 3.05) is 7.11 Å². The van der Waals surface area contributed by atoms with E-state index in [-0.39, 0.29) is 5.91 Å². The summed E-state index contributed by atoms with van der Waals surface area (Å²) in [4.78, 5) is 18.0. The second kappa shape index (κ2) is 7.63. The number of amides is 1. The van der Waals surface area contributed by atoms with E-state index in [1.54, 1.807) is 30.8 Å². The van der Waals surface area contributed by atoms with Crippen molar-refractivity contribution < 1.29 is 9.53 Å². The monoisotopic (exact) mass is 377 g/mol. The van der Waals surface area contributed by atoms with E-state index in [1.807, 2.05) is 53.9 Å². The Morgan fingerprint density at radius 1 is 1.22 bits per heavy atom. The van der Waals surface area contributed by atoms with Crippen LogP contribution in [0, 0.1) is 0 Å². The molecule has 0 bridgehead atoms. The summed E-state index contributed by atoms with van der Waals surface area (Å²) in [6.07, 6.45) is 3.48. The molecule has 0 unspecified atom stereocenters. The molecule has 0 atom stereocenters. The van der Waals surface area contributed by atoms with Crippen LogP contribution in [0.4, 0.5) is 0 Å². The van der Waals surface area contributed by atoms with E-state index in [1.165, 1.54) is 0 Å². The fourth-order valence-corrected chi connectivity index (χ4v) is 4.00. The molecule has 0 aliphatic rings. The van der Waals surface area contributed by atoms with Crippen molar-refractivity contribution in [3.8, 4) is 5.75 Å². The normalized spacial score (nSPS) is 10.9. The number of carbonyl (C=O) groups is 1. The maximum atomic E-state index is 12.9. The average Bonchev–Trinajstić information content (AvgIpc) is 3.30. The summed E-state index contributed by atoms with van der Waals surface area (Å²) in [5, 5.41) is 6.11. The van der Waals surface area contributed by atoms with Gasteiger partial charge in [0.1, 0.15) is 16.3 Å². The molecule has 1 aromatic carbocycles. The fraction of sp³-hybridized carbons (Fsp3) is 0.143. The first kappa shape index (κ1) is 17.3. The van der Waals surface area contributed by atoms with Crippen molar-refractivity contribution in [2.45, 2.75) is 13.1 Å². The minimum Gasteiger partial charge on any atom is -0.496 e. The molecule has 3 aromatic heterocycles. The lowest BCUT2D eigenvalue weighted by Crippen LogP contribution is -2.25. The van der Waals surface area contributed by atoms with Crippen LogP contribution in [0.5, 0.6) is 5.75 Å². The number of methoxy groups -OCH3 is 1. The fourth-order valence-electron chi connectivity index (χ4n) is 3.10. The smallest absolute Gasteiger partial charge is 0.268 e. The molecule has 0 saturated heterocycles. The van der Waals surface area contributed by atoms with Gasteiger partial charge in [0.05, 0.1) is 13.7 Å². The number of benzene rings is 1. The molecule has 1 N–H and O–H groups in total. The Balaban J connectivity index is 1.64. The first-order valence-corrected chi connectivity index (χ1v) is 9.50. The van der Waals surface area contributed by atoms with Crippen LogP contribution in [-0.4, -0.2) is 22.6 Å². The molecular weight excluding hydrogens is 358 g/mol. The van der Waals surface area contributed by atoms with Crippen LogP contribution in [0.25, 0.3) is 10.2 Å². The first-order chi connectivity index (χ1) is 13.3. The van der Waals surface area contributed by atoms with Gasteiger partial charge in [0.2, 0.25) is 0 Å². The van der Waals surface area contributed by atoms with Gasteiger partial charge in [-0.15, -0.1) is 11.3 Å². The number of para-hydroxylation sites is 1. The van der Waals surface area contributed by atoms with Gasteiger partial charge in [-0.25, -0.2) is 0 Å². The number of thiophene rings is 1. The summed E-state index contributed by atoms with van der Waals surface area (Å²) in [6.45, 7) is 1.02. The highest BCUT2D eigenvalue weighted by molar-refractivity contribution is 7.16. The van der Waals surface area contributed by atoms with E-state index < -0.39 is 0 Å². The Morgan fingerprint density at radius 3 is 2.93 bits per heavy atom. The molecule has 3 heterocycles. The molecule has 5 nitrogen and oxygen atoms in total. The average molecular weight is 377 g/mol. The van der Waals surface area contributed by atoms with Gasteiger partial charge in [0, 0.05) is 29.9 Å². The third-order valence-electron chi connectivity index (χ3n) is 4.43. The summed E-state index contributed by atoms with van der Waals surface area (Å²) in [5.41, 5.74) is 2.65. The highest BCUT2D eigenvalue weighted by Gasteiger charge is 2.17. The highest BCUT2D eigenvalue weighted by Crippen LogP contribution is 2.28. The second-order valence-corrected chi connectivity index (χ2v) is 7.05. The zero-order valence-corrected chi connectivity index (χ0v) is 15.7. The number of nitrogens with zero attached hydrogens (tertiary/aromatic N) is 2. The minimum absolute atomic E-state index is 0.0999. The molecule has 0 spiro atoms. The largest absolute Gasteiger partial charge is 0.496 e. The summed E-state index contributed by atoms with van der Waals surface area (Å²) in [7, 11) is 1.66. The van der Waals surface area contributed by atoms with Crippen LogP contribution in [-0.2, 0) is 13.1 Å². The third kappa shape index (κ3) is 3.57. The first-order valence-electron chi connectivity index (χ1n) is 8.62. The van der Waals surface area contributed by atoms with E-state index in [2.05, 4.69) is 14.9 Å². The van der Waals surface area contributed by atoms with Gasteiger partial charge >= 0.3 is 0 Å². The summed E-state index contributed by atoms with van der Waals surface area (Å²) >= 11 is 1.63. The second-order valence-electron chi connectivity index (χ2n) is 6.15. The summed E-state index contributed by atoms with van der Waals surface area (Å²) in [5.74, 6) is 0.717. The number of rotatable bonds is 6. The number of hydrogen-bond acceptors (Lipinski definition) is 4. The zero-order chi connectivity index (χ0) is 18.6.